The smallest absolute Gasteiger partial charge is 0.120 e. The SMILES string of the molecule is CC(C)Oc1cc(C(C)S)cc(C2CC2)c1. The van der Waals surface area contributed by atoms with E-state index in [0.717, 1.165) is 11.7 Å². The molecule has 0 bridgehead atoms. The van der Waals surface area contributed by atoms with Gasteiger partial charge in [-0.15, -0.1) is 0 Å². The molecule has 1 saturated carbocycles. The molecule has 88 valence electrons. The molecule has 2 heteroatoms. The van der Waals surface area contributed by atoms with Gasteiger partial charge in [0.2, 0.25) is 0 Å². The van der Waals surface area contributed by atoms with Gasteiger partial charge in [0, 0.05) is 5.25 Å². The molecular formula is C14H20OS. The molecule has 0 spiro atoms. The summed E-state index contributed by atoms with van der Waals surface area (Å²) in [5.74, 6) is 1.76. The summed E-state index contributed by atoms with van der Waals surface area (Å²) in [7, 11) is 0. The Morgan fingerprint density at radius 1 is 1.19 bits per heavy atom. The van der Waals surface area contributed by atoms with E-state index >= 15 is 0 Å². The van der Waals surface area contributed by atoms with Gasteiger partial charge in [0.1, 0.15) is 5.75 Å². The van der Waals surface area contributed by atoms with Gasteiger partial charge in [0.25, 0.3) is 0 Å². The normalized spacial score (nSPS) is 17.6. The van der Waals surface area contributed by atoms with Crippen LogP contribution in [0.4, 0.5) is 0 Å². The molecule has 0 amide bonds. The van der Waals surface area contributed by atoms with Crippen LogP contribution in [0.15, 0.2) is 18.2 Å². The van der Waals surface area contributed by atoms with Crippen molar-refractivity contribution in [2.75, 3.05) is 0 Å². The highest BCUT2D eigenvalue weighted by atomic mass is 32.1. The number of hydrogen-bond donors (Lipinski definition) is 1. The summed E-state index contributed by atoms with van der Waals surface area (Å²) in [4.78, 5) is 0. The van der Waals surface area contributed by atoms with Crippen LogP contribution < -0.4 is 4.74 Å². The molecule has 1 aromatic carbocycles. The lowest BCUT2D eigenvalue weighted by atomic mass is 10.0. The quantitative estimate of drug-likeness (QED) is 0.765. The van der Waals surface area contributed by atoms with Crippen LogP contribution in [0.5, 0.6) is 5.75 Å². The van der Waals surface area contributed by atoms with Gasteiger partial charge in [-0.2, -0.15) is 12.6 Å². The van der Waals surface area contributed by atoms with E-state index in [0.29, 0.717) is 0 Å². The number of benzene rings is 1. The van der Waals surface area contributed by atoms with Crippen LogP contribution >= 0.6 is 12.6 Å². The van der Waals surface area contributed by atoms with Crippen molar-refractivity contribution in [2.45, 2.75) is 50.9 Å². The van der Waals surface area contributed by atoms with Crippen LogP contribution in [0.2, 0.25) is 0 Å². The minimum Gasteiger partial charge on any atom is -0.491 e. The van der Waals surface area contributed by atoms with Crippen molar-refractivity contribution in [3.63, 3.8) is 0 Å². The molecular weight excluding hydrogens is 216 g/mol. The first-order chi connectivity index (χ1) is 7.56. The Morgan fingerprint density at radius 3 is 2.38 bits per heavy atom. The van der Waals surface area contributed by atoms with Gasteiger partial charge in [0.15, 0.2) is 0 Å². The highest BCUT2D eigenvalue weighted by Crippen LogP contribution is 2.42. The zero-order valence-electron chi connectivity index (χ0n) is 10.2. The van der Waals surface area contributed by atoms with Crippen LogP contribution in [0.1, 0.15) is 55.9 Å². The molecule has 2 rings (SSSR count). The highest BCUT2D eigenvalue weighted by molar-refractivity contribution is 7.80. The van der Waals surface area contributed by atoms with E-state index in [2.05, 4.69) is 51.6 Å². The van der Waals surface area contributed by atoms with Crippen LogP contribution in [0, 0.1) is 0 Å². The number of hydrogen-bond acceptors (Lipinski definition) is 2. The van der Waals surface area contributed by atoms with Crippen LogP contribution in [-0.2, 0) is 0 Å². The molecule has 0 N–H and O–H groups in total. The van der Waals surface area contributed by atoms with Gasteiger partial charge in [-0.05, 0) is 62.8 Å². The van der Waals surface area contributed by atoms with Gasteiger partial charge in [0.05, 0.1) is 6.10 Å². The summed E-state index contributed by atoms with van der Waals surface area (Å²) in [5.41, 5.74) is 2.69. The molecule has 1 aromatic rings. The molecule has 16 heavy (non-hydrogen) atoms. The monoisotopic (exact) mass is 236 g/mol. The fraction of sp³-hybridized carbons (Fsp3) is 0.571. The minimum absolute atomic E-state index is 0.234. The third kappa shape index (κ3) is 2.94. The summed E-state index contributed by atoms with van der Waals surface area (Å²) < 4.78 is 5.79. The van der Waals surface area contributed by atoms with Crippen LogP contribution in [-0.4, -0.2) is 6.10 Å². The molecule has 1 fully saturated rings. The predicted octanol–water partition coefficient (Wildman–Crippen LogP) is 4.34. The summed E-state index contributed by atoms with van der Waals surface area (Å²) in [6.07, 6.45) is 2.88. The van der Waals surface area contributed by atoms with Gasteiger partial charge in [-0.3, -0.25) is 0 Å². The van der Waals surface area contributed by atoms with E-state index in [1.807, 2.05) is 0 Å². The van der Waals surface area contributed by atoms with E-state index in [9.17, 15) is 0 Å². The molecule has 1 atom stereocenters. The van der Waals surface area contributed by atoms with Crippen molar-refractivity contribution in [3.05, 3.63) is 29.3 Å². The Hall–Kier alpha value is -0.630. The van der Waals surface area contributed by atoms with Crippen LogP contribution in [0.25, 0.3) is 0 Å². The molecule has 0 aromatic heterocycles. The fourth-order valence-corrected chi connectivity index (χ4v) is 2.03. The van der Waals surface area contributed by atoms with Gasteiger partial charge < -0.3 is 4.74 Å². The summed E-state index contributed by atoms with van der Waals surface area (Å²) >= 11 is 4.51. The second-order valence-electron chi connectivity index (χ2n) is 4.95. The summed E-state index contributed by atoms with van der Waals surface area (Å²) in [5, 5.41) is 0.271. The lowest BCUT2D eigenvalue weighted by Crippen LogP contribution is -2.06. The fourth-order valence-electron chi connectivity index (χ4n) is 1.88. The van der Waals surface area contributed by atoms with Crippen molar-refractivity contribution in [1.82, 2.24) is 0 Å². The maximum atomic E-state index is 5.79. The molecule has 1 aliphatic carbocycles. The summed E-state index contributed by atoms with van der Waals surface area (Å²) in [6.45, 7) is 6.23. The molecule has 0 saturated heterocycles. The van der Waals surface area contributed by atoms with Crippen molar-refractivity contribution < 1.29 is 4.74 Å². The average molecular weight is 236 g/mol. The van der Waals surface area contributed by atoms with E-state index in [-0.39, 0.29) is 11.4 Å². The lowest BCUT2D eigenvalue weighted by molar-refractivity contribution is 0.242. The largest absolute Gasteiger partial charge is 0.491 e. The Labute approximate surface area is 104 Å². The van der Waals surface area contributed by atoms with E-state index in [1.165, 1.54) is 24.0 Å². The predicted molar refractivity (Wildman–Crippen MR) is 71.6 cm³/mol. The Morgan fingerprint density at radius 2 is 1.88 bits per heavy atom. The first-order valence-electron chi connectivity index (χ1n) is 6.06. The van der Waals surface area contributed by atoms with Crippen molar-refractivity contribution in [3.8, 4) is 5.75 Å². The average Bonchev–Trinajstić information content (AvgIpc) is 2.98. The number of rotatable bonds is 4. The second kappa shape index (κ2) is 4.70. The summed E-state index contributed by atoms with van der Waals surface area (Å²) in [6, 6.07) is 6.59. The standard InChI is InChI=1S/C14H20OS/c1-9(2)15-14-7-12(10(3)16)6-13(8-14)11-4-5-11/h6-11,16H,4-5H2,1-3H3. The topological polar surface area (TPSA) is 9.23 Å². The molecule has 0 radical (unpaired) electrons. The van der Waals surface area contributed by atoms with Crippen LogP contribution in [0.3, 0.4) is 0 Å². The minimum atomic E-state index is 0.234. The molecule has 1 nitrogen and oxygen atoms in total. The molecule has 1 aliphatic rings. The third-order valence-electron chi connectivity index (χ3n) is 2.85. The van der Waals surface area contributed by atoms with E-state index in [1.54, 1.807) is 0 Å². The first-order valence-corrected chi connectivity index (χ1v) is 6.57. The number of thiol groups is 1. The first kappa shape index (κ1) is 11.8. The second-order valence-corrected chi connectivity index (χ2v) is 5.73. The van der Waals surface area contributed by atoms with E-state index in [4.69, 9.17) is 4.74 Å². The Kier molecular flexibility index (Phi) is 3.48. The van der Waals surface area contributed by atoms with Gasteiger partial charge in [-0.1, -0.05) is 6.07 Å². The molecule has 0 heterocycles. The van der Waals surface area contributed by atoms with Gasteiger partial charge >= 0.3 is 0 Å². The maximum absolute atomic E-state index is 5.79. The Bertz CT molecular complexity index is 347. The Balaban J connectivity index is 2.28. The maximum Gasteiger partial charge on any atom is 0.120 e. The third-order valence-corrected chi connectivity index (χ3v) is 3.15. The van der Waals surface area contributed by atoms with E-state index < -0.39 is 0 Å². The molecule has 0 aliphatic heterocycles. The highest BCUT2D eigenvalue weighted by Gasteiger charge is 2.24. The molecule has 1 unspecified atom stereocenters. The zero-order valence-corrected chi connectivity index (χ0v) is 11.1. The number of ether oxygens (including phenoxy) is 1. The lowest BCUT2D eigenvalue weighted by Gasteiger charge is -2.14. The van der Waals surface area contributed by atoms with Crippen molar-refractivity contribution >= 4 is 12.6 Å². The zero-order chi connectivity index (χ0) is 11.7. The van der Waals surface area contributed by atoms with Crippen molar-refractivity contribution in [1.29, 1.82) is 0 Å². The van der Waals surface area contributed by atoms with Crippen molar-refractivity contribution in [2.24, 2.45) is 0 Å². The van der Waals surface area contributed by atoms with Gasteiger partial charge in [-0.25, -0.2) is 0 Å².